The lowest BCUT2D eigenvalue weighted by Gasteiger charge is -2.20. The molecule has 0 radical (unpaired) electrons. The lowest BCUT2D eigenvalue weighted by atomic mass is 9.85. The Morgan fingerprint density at radius 3 is 2.47 bits per heavy atom. The number of likely N-dealkylation sites (tertiary alicyclic amines) is 1. The Bertz CT molecular complexity index is 772. The summed E-state index contributed by atoms with van der Waals surface area (Å²) in [5, 5.41) is 2.72. The molecule has 1 saturated heterocycles. The van der Waals surface area contributed by atoms with Gasteiger partial charge in [-0.1, -0.05) is 24.5 Å². The van der Waals surface area contributed by atoms with Crippen LogP contribution in [0.2, 0.25) is 0 Å². The molecule has 1 N–H and O–H groups in total. The molecule has 4 atom stereocenters. The second kappa shape index (κ2) is 11.3. The van der Waals surface area contributed by atoms with Crippen LogP contribution in [0, 0.1) is 36.0 Å². The van der Waals surface area contributed by atoms with Crippen molar-refractivity contribution >= 4 is 23.6 Å². The second-order valence-electron chi connectivity index (χ2n) is 8.75. The highest BCUT2D eigenvalue weighted by Crippen LogP contribution is 2.52. The first-order chi connectivity index (χ1) is 15.5. The van der Waals surface area contributed by atoms with Gasteiger partial charge in [-0.05, 0) is 31.1 Å². The molecule has 1 aliphatic heterocycles. The van der Waals surface area contributed by atoms with Crippen LogP contribution in [0.1, 0.15) is 38.5 Å². The third-order valence-corrected chi connectivity index (χ3v) is 6.71. The summed E-state index contributed by atoms with van der Waals surface area (Å²) in [4.78, 5) is 52.6. The summed E-state index contributed by atoms with van der Waals surface area (Å²) in [5.74, 6) is 2.36. The second-order valence-corrected chi connectivity index (χ2v) is 8.75. The summed E-state index contributed by atoms with van der Waals surface area (Å²) >= 11 is 0. The Morgan fingerprint density at radius 2 is 1.84 bits per heavy atom. The lowest BCUT2D eigenvalue weighted by molar-refractivity contribution is -0.141. The van der Waals surface area contributed by atoms with Crippen molar-refractivity contribution in [1.29, 1.82) is 0 Å². The number of methoxy groups -OCH3 is 1. The van der Waals surface area contributed by atoms with Crippen LogP contribution in [-0.4, -0.2) is 73.3 Å². The molecule has 32 heavy (non-hydrogen) atoms. The van der Waals surface area contributed by atoms with Crippen LogP contribution in [0.3, 0.4) is 0 Å². The van der Waals surface area contributed by atoms with E-state index in [2.05, 4.69) is 23.4 Å². The monoisotopic (exact) mass is 443 g/mol. The van der Waals surface area contributed by atoms with Crippen LogP contribution < -0.4 is 5.32 Å². The van der Waals surface area contributed by atoms with E-state index >= 15 is 0 Å². The number of hydrogen-bond acceptors (Lipinski definition) is 5. The summed E-state index contributed by atoms with van der Waals surface area (Å²) < 4.78 is 4.89. The van der Waals surface area contributed by atoms with E-state index in [1.54, 1.807) is 7.11 Å². The number of unbranched alkanes of at least 4 members (excludes halogenated alkanes) is 2. The summed E-state index contributed by atoms with van der Waals surface area (Å²) in [7, 11) is 1.56. The Hall–Kier alpha value is -2.66. The van der Waals surface area contributed by atoms with Crippen molar-refractivity contribution < 1.29 is 23.9 Å². The maximum absolute atomic E-state index is 12.7. The van der Waals surface area contributed by atoms with Gasteiger partial charge in [0, 0.05) is 39.6 Å². The highest BCUT2D eigenvalue weighted by molar-refractivity contribution is 6.06. The average Bonchev–Trinajstić information content (AvgIpc) is 3.46. The third-order valence-electron chi connectivity index (χ3n) is 6.71. The van der Waals surface area contributed by atoms with E-state index in [1.807, 2.05) is 0 Å². The minimum Gasteiger partial charge on any atom is -0.383 e. The zero-order chi connectivity index (χ0) is 23.1. The van der Waals surface area contributed by atoms with Gasteiger partial charge in [-0.3, -0.25) is 24.1 Å². The van der Waals surface area contributed by atoms with Crippen molar-refractivity contribution in [2.75, 3.05) is 39.9 Å². The van der Waals surface area contributed by atoms with Crippen molar-refractivity contribution in [3.8, 4) is 12.3 Å². The number of terminal acetylenes is 1. The quantitative estimate of drug-likeness (QED) is 0.198. The van der Waals surface area contributed by atoms with E-state index in [9.17, 15) is 19.2 Å². The summed E-state index contributed by atoms with van der Waals surface area (Å²) in [6.45, 7) is 1.73. The molecule has 0 aromatic heterocycles. The molecular weight excluding hydrogens is 410 g/mol. The normalized spacial score (nSPS) is 25.2. The highest BCUT2D eigenvalue weighted by atomic mass is 16.5. The smallest absolute Gasteiger partial charge is 0.233 e. The predicted molar refractivity (Wildman–Crippen MR) is 118 cm³/mol. The Labute approximate surface area is 189 Å². The number of carbonyl (C=O) groups is 4. The largest absolute Gasteiger partial charge is 0.383 e. The van der Waals surface area contributed by atoms with E-state index in [4.69, 9.17) is 11.2 Å². The number of carbonyl (C=O) groups excluding carboxylic acids is 4. The molecule has 0 unspecified atom stereocenters. The SMILES string of the molecule is C#CCN(CCC(=O)NCCOC)C(=O)CCCCCN1C(=O)[C@@H]2[C@H](C1=O)[C@H]1C=C[C@@H]2C1. The van der Waals surface area contributed by atoms with Crippen molar-refractivity contribution in [1.82, 2.24) is 15.1 Å². The number of amides is 4. The van der Waals surface area contributed by atoms with E-state index in [1.165, 1.54) is 9.80 Å². The molecule has 4 amide bonds. The predicted octanol–water partition coefficient (Wildman–Crippen LogP) is 0.968. The van der Waals surface area contributed by atoms with Crippen molar-refractivity contribution in [3.05, 3.63) is 12.2 Å². The molecule has 2 aliphatic carbocycles. The highest BCUT2D eigenvalue weighted by Gasteiger charge is 2.58. The number of fused-ring (bicyclic) bond motifs is 5. The fraction of sp³-hybridized carbons (Fsp3) is 0.667. The Morgan fingerprint density at radius 1 is 1.16 bits per heavy atom. The van der Waals surface area contributed by atoms with Gasteiger partial charge in [-0.25, -0.2) is 0 Å². The minimum absolute atomic E-state index is 0.0168. The lowest BCUT2D eigenvalue weighted by Crippen LogP contribution is -2.36. The Balaban J connectivity index is 1.34. The number of rotatable bonds is 13. The van der Waals surface area contributed by atoms with Crippen molar-refractivity contribution in [2.24, 2.45) is 23.7 Å². The van der Waals surface area contributed by atoms with Gasteiger partial charge < -0.3 is 15.0 Å². The first kappa shape index (κ1) is 24.0. The van der Waals surface area contributed by atoms with Gasteiger partial charge >= 0.3 is 0 Å². The van der Waals surface area contributed by atoms with Gasteiger partial charge in [0.2, 0.25) is 23.6 Å². The molecule has 3 aliphatic rings. The zero-order valence-corrected chi connectivity index (χ0v) is 18.8. The number of allylic oxidation sites excluding steroid dienone is 2. The summed E-state index contributed by atoms with van der Waals surface area (Å²) in [6, 6.07) is 0. The van der Waals surface area contributed by atoms with Crippen LogP contribution in [0.15, 0.2) is 12.2 Å². The maximum atomic E-state index is 12.7. The standard InChI is InChI=1S/C24H33N3O5/c1-3-12-26(14-10-19(28)25-11-15-32-2)20(29)7-5-4-6-13-27-23(30)21-17-8-9-18(16-17)22(21)24(27)31/h1,8-9,17-18,21-22H,4-7,10-16H2,2H3,(H,25,28)/t17-,18+,21+,22-. The average molecular weight is 444 g/mol. The van der Waals surface area contributed by atoms with Gasteiger partial charge in [0.15, 0.2) is 0 Å². The molecule has 1 heterocycles. The molecule has 174 valence electrons. The van der Waals surface area contributed by atoms with Gasteiger partial charge in [-0.2, -0.15) is 0 Å². The zero-order valence-electron chi connectivity index (χ0n) is 18.8. The molecule has 0 aromatic carbocycles. The van der Waals surface area contributed by atoms with Crippen LogP contribution in [0.5, 0.6) is 0 Å². The first-order valence-corrected chi connectivity index (χ1v) is 11.5. The minimum atomic E-state index is -0.150. The Kier molecular flexibility index (Phi) is 8.46. The molecular formula is C24H33N3O5. The molecule has 8 heteroatoms. The number of hydrogen-bond donors (Lipinski definition) is 1. The van der Waals surface area contributed by atoms with E-state index in [0.29, 0.717) is 39.0 Å². The summed E-state index contributed by atoms with van der Waals surface area (Å²) in [5.41, 5.74) is 0. The fourth-order valence-corrected chi connectivity index (χ4v) is 5.09. The van der Waals surface area contributed by atoms with Crippen LogP contribution in [0.4, 0.5) is 0 Å². The van der Waals surface area contributed by atoms with Gasteiger partial charge in [0.1, 0.15) is 0 Å². The van der Waals surface area contributed by atoms with E-state index in [-0.39, 0.29) is 66.8 Å². The topological polar surface area (TPSA) is 96.0 Å². The molecule has 0 spiro atoms. The molecule has 1 saturated carbocycles. The summed E-state index contributed by atoms with van der Waals surface area (Å²) in [6.07, 6.45) is 13.1. The molecule has 2 fully saturated rings. The van der Waals surface area contributed by atoms with Crippen molar-refractivity contribution in [2.45, 2.75) is 38.5 Å². The number of ether oxygens (including phenoxy) is 1. The van der Waals surface area contributed by atoms with E-state index in [0.717, 1.165) is 12.8 Å². The van der Waals surface area contributed by atoms with Gasteiger partial charge in [0.25, 0.3) is 0 Å². The van der Waals surface area contributed by atoms with Gasteiger partial charge in [0.05, 0.1) is 25.0 Å². The third kappa shape index (κ3) is 5.39. The number of nitrogens with one attached hydrogen (secondary N) is 1. The number of imide groups is 1. The van der Waals surface area contributed by atoms with Crippen LogP contribution in [0.25, 0.3) is 0 Å². The molecule has 2 bridgehead atoms. The molecule has 0 aromatic rings. The van der Waals surface area contributed by atoms with Crippen molar-refractivity contribution in [3.63, 3.8) is 0 Å². The van der Waals surface area contributed by atoms with Gasteiger partial charge in [-0.15, -0.1) is 6.42 Å². The number of nitrogens with zero attached hydrogens (tertiary/aromatic N) is 2. The van der Waals surface area contributed by atoms with Crippen LogP contribution >= 0.6 is 0 Å². The molecule has 8 nitrogen and oxygen atoms in total. The molecule has 3 rings (SSSR count). The first-order valence-electron chi connectivity index (χ1n) is 11.5. The van der Waals surface area contributed by atoms with Crippen LogP contribution in [-0.2, 0) is 23.9 Å². The maximum Gasteiger partial charge on any atom is 0.233 e. The van der Waals surface area contributed by atoms with E-state index < -0.39 is 0 Å². The fourth-order valence-electron chi connectivity index (χ4n) is 5.09.